The SMILES string of the molecule is Cc1cc(N)cc(C(=O)Nc2c(Br)cc(Br)cc2Br)c1. The fourth-order valence-corrected chi connectivity index (χ4v) is 4.25. The number of aryl methyl sites for hydroxylation is 1. The van der Waals surface area contributed by atoms with Crippen LogP contribution < -0.4 is 11.1 Å². The van der Waals surface area contributed by atoms with Crippen molar-refractivity contribution in [3.05, 3.63) is 54.9 Å². The lowest BCUT2D eigenvalue weighted by atomic mass is 10.1. The molecule has 0 heterocycles. The second kappa shape index (κ2) is 6.28. The number of nitrogen functional groups attached to an aromatic ring is 1. The smallest absolute Gasteiger partial charge is 0.255 e. The molecule has 0 aliphatic heterocycles. The van der Waals surface area contributed by atoms with Gasteiger partial charge in [0.2, 0.25) is 0 Å². The van der Waals surface area contributed by atoms with E-state index in [1.54, 1.807) is 12.1 Å². The van der Waals surface area contributed by atoms with Gasteiger partial charge in [0, 0.05) is 24.7 Å². The summed E-state index contributed by atoms with van der Waals surface area (Å²) >= 11 is 10.2. The van der Waals surface area contributed by atoms with Gasteiger partial charge in [-0.2, -0.15) is 0 Å². The fraction of sp³-hybridized carbons (Fsp3) is 0.0714. The third kappa shape index (κ3) is 3.62. The van der Waals surface area contributed by atoms with Gasteiger partial charge in [-0.1, -0.05) is 15.9 Å². The van der Waals surface area contributed by atoms with Crippen molar-refractivity contribution in [2.45, 2.75) is 6.92 Å². The molecule has 0 fully saturated rings. The average Bonchev–Trinajstić information content (AvgIpc) is 2.32. The van der Waals surface area contributed by atoms with Gasteiger partial charge in [0.25, 0.3) is 5.91 Å². The van der Waals surface area contributed by atoms with Crippen LogP contribution in [0.15, 0.2) is 43.7 Å². The van der Waals surface area contributed by atoms with Gasteiger partial charge in [-0.05, 0) is 74.7 Å². The standard InChI is InChI=1S/C14H11Br3N2O/c1-7-2-8(4-10(18)3-7)14(20)19-13-11(16)5-9(15)6-12(13)17/h2-6H,18H2,1H3,(H,19,20). The Morgan fingerprint density at radius 1 is 1.05 bits per heavy atom. The Kier molecular flexibility index (Phi) is 4.88. The number of amides is 1. The van der Waals surface area contributed by atoms with Crippen molar-refractivity contribution < 1.29 is 4.79 Å². The summed E-state index contributed by atoms with van der Waals surface area (Å²) in [6.45, 7) is 1.90. The lowest BCUT2D eigenvalue weighted by Gasteiger charge is -2.11. The number of hydrogen-bond donors (Lipinski definition) is 2. The van der Waals surface area contributed by atoms with Crippen LogP contribution in [0.5, 0.6) is 0 Å². The summed E-state index contributed by atoms with van der Waals surface area (Å²) in [5, 5.41) is 2.87. The first kappa shape index (κ1) is 15.5. The maximum atomic E-state index is 12.3. The van der Waals surface area contributed by atoms with Crippen molar-refractivity contribution in [1.29, 1.82) is 0 Å². The Morgan fingerprint density at radius 3 is 2.20 bits per heavy atom. The van der Waals surface area contributed by atoms with E-state index in [9.17, 15) is 4.79 Å². The molecular formula is C14H11Br3N2O. The van der Waals surface area contributed by atoms with Gasteiger partial charge in [-0.3, -0.25) is 4.79 Å². The molecule has 6 heteroatoms. The molecule has 0 aliphatic rings. The zero-order chi connectivity index (χ0) is 14.9. The van der Waals surface area contributed by atoms with Crippen LogP contribution in [0.2, 0.25) is 0 Å². The number of hydrogen-bond acceptors (Lipinski definition) is 2. The van der Waals surface area contributed by atoms with Crippen LogP contribution in [0.4, 0.5) is 11.4 Å². The summed E-state index contributed by atoms with van der Waals surface area (Å²) in [7, 11) is 0. The molecule has 2 aromatic carbocycles. The predicted octanol–water partition coefficient (Wildman–Crippen LogP) is 5.12. The highest BCUT2D eigenvalue weighted by Crippen LogP contribution is 2.34. The summed E-state index contributed by atoms with van der Waals surface area (Å²) in [4.78, 5) is 12.3. The number of benzene rings is 2. The number of anilines is 2. The molecule has 1 amide bonds. The summed E-state index contributed by atoms with van der Waals surface area (Å²) in [5.41, 5.74) is 8.50. The Morgan fingerprint density at radius 2 is 1.65 bits per heavy atom. The van der Waals surface area contributed by atoms with Crippen molar-refractivity contribution in [1.82, 2.24) is 0 Å². The first-order chi connectivity index (χ1) is 9.36. The molecule has 0 aromatic heterocycles. The number of halogens is 3. The molecule has 0 aliphatic carbocycles. The number of carbonyl (C=O) groups excluding carboxylic acids is 1. The Hall–Kier alpha value is -0.850. The number of nitrogens with one attached hydrogen (secondary N) is 1. The van der Waals surface area contributed by atoms with E-state index in [0.717, 1.165) is 19.0 Å². The van der Waals surface area contributed by atoms with Crippen LogP contribution in [0, 0.1) is 6.92 Å². The van der Waals surface area contributed by atoms with Gasteiger partial charge in [0.15, 0.2) is 0 Å². The van der Waals surface area contributed by atoms with E-state index in [-0.39, 0.29) is 5.91 Å². The zero-order valence-corrected chi connectivity index (χ0v) is 15.3. The highest BCUT2D eigenvalue weighted by atomic mass is 79.9. The Labute approximate surface area is 142 Å². The van der Waals surface area contributed by atoms with Crippen molar-refractivity contribution in [2.24, 2.45) is 0 Å². The molecule has 104 valence electrons. The third-order valence-electron chi connectivity index (χ3n) is 2.61. The van der Waals surface area contributed by atoms with E-state index < -0.39 is 0 Å². The molecule has 0 bridgehead atoms. The normalized spacial score (nSPS) is 10.4. The summed E-state index contributed by atoms with van der Waals surface area (Å²) < 4.78 is 2.48. The van der Waals surface area contributed by atoms with Gasteiger partial charge in [-0.25, -0.2) is 0 Å². The molecule has 3 N–H and O–H groups in total. The monoisotopic (exact) mass is 460 g/mol. The first-order valence-corrected chi connectivity index (χ1v) is 8.08. The van der Waals surface area contributed by atoms with Crippen LogP contribution in [-0.4, -0.2) is 5.91 Å². The maximum absolute atomic E-state index is 12.3. The molecule has 20 heavy (non-hydrogen) atoms. The van der Waals surface area contributed by atoms with Crippen molar-refractivity contribution in [3.8, 4) is 0 Å². The molecule has 0 atom stereocenters. The summed E-state index contributed by atoms with van der Waals surface area (Å²) in [6, 6.07) is 9.01. The largest absolute Gasteiger partial charge is 0.399 e. The number of rotatable bonds is 2. The summed E-state index contributed by atoms with van der Waals surface area (Å²) in [5.74, 6) is -0.205. The quantitative estimate of drug-likeness (QED) is 0.609. The van der Waals surface area contributed by atoms with Gasteiger partial charge >= 0.3 is 0 Å². The van der Waals surface area contributed by atoms with Crippen LogP contribution in [-0.2, 0) is 0 Å². The van der Waals surface area contributed by atoms with Gasteiger partial charge in [0.05, 0.1) is 5.69 Å². The number of nitrogens with two attached hydrogens (primary N) is 1. The van der Waals surface area contributed by atoms with Gasteiger partial charge in [-0.15, -0.1) is 0 Å². The number of carbonyl (C=O) groups is 1. The molecule has 2 rings (SSSR count). The molecule has 0 radical (unpaired) electrons. The topological polar surface area (TPSA) is 55.1 Å². The second-order valence-corrected chi connectivity index (χ2v) is 6.96. The van der Waals surface area contributed by atoms with E-state index >= 15 is 0 Å². The second-order valence-electron chi connectivity index (χ2n) is 4.33. The molecule has 3 nitrogen and oxygen atoms in total. The zero-order valence-electron chi connectivity index (χ0n) is 10.5. The van der Waals surface area contributed by atoms with E-state index in [0.29, 0.717) is 16.9 Å². The highest BCUT2D eigenvalue weighted by Gasteiger charge is 2.12. The highest BCUT2D eigenvalue weighted by molar-refractivity contribution is 9.11. The van der Waals surface area contributed by atoms with Crippen molar-refractivity contribution in [2.75, 3.05) is 11.1 Å². The van der Waals surface area contributed by atoms with Crippen LogP contribution >= 0.6 is 47.8 Å². The van der Waals surface area contributed by atoms with Crippen LogP contribution in [0.1, 0.15) is 15.9 Å². The summed E-state index contributed by atoms with van der Waals surface area (Å²) in [6.07, 6.45) is 0. The molecule has 0 saturated carbocycles. The Balaban J connectivity index is 2.32. The van der Waals surface area contributed by atoms with Crippen molar-refractivity contribution in [3.63, 3.8) is 0 Å². The van der Waals surface area contributed by atoms with Gasteiger partial charge < -0.3 is 11.1 Å². The first-order valence-electron chi connectivity index (χ1n) is 5.70. The Bertz CT molecular complexity index is 643. The maximum Gasteiger partial charge on any atom is 0.255 e. The van der Waals surface area contributed by atoms with Gasteiger partial charge in [0.1, 0.15) is 0 Å². The minimum Gasteiger partial charge on any atom is -0.399 e. The van der Waals surface area contributed by atoms with Crippen molar-refractivity contribution >= 4 is 65.1 Å². The predicted molar refractivity (Wildman–Crippen MR) is 93.1 cm³/mol. The van der Waals surface area contributed by atoms with E-state index in [2.05, 4.69) is 53.1 Å². The minimum absolute atomic E-state index is 0.205. The molecule has 0 saturated heterocycles. The average molecular weight is 463 g/mol. The molecule has 0 unspecified atom stereocenters. The minimum atomic E-state index is -0.205. The molecule has 2 aromatic rings. The van der Waals surface area contributed by atoms with E-state index in [1.807, 2.05) is 25.1 Å². The van der Waals surface area contributed by atoms with E-state index in [1.165, 1.54) is 0 Å². The van der Waals surface area contributed by atoms with Crippen LogP contribution in [0.25, 0.3) is 0 Å². The lowest BCUT2D eigenvalue weighted by Crippen LogP contribution is -2.13. The molecular weight excluding hydrogens is 452 g/mol. The van der Waals surface area contributed by atoms with Crippen LogP contribution in [0.3, 0.4) is 0 Å². The third-order valence-corrected chi connectivity index (χ3v) is 4.32. The molecule has 0 spiro atoms. The lowest BCUT2D eigenvalue weighted by molar-refractivity contribution is 0.102. The fourth-order valence-electron chi connectivity index (χ4n) is 1.79. The van der Waals surface area contributed by atoms with E-state index in [4.69, 9.17) is 5.73 Å².